The zero-order valence-electron chi connectivity index (χ0n) is 9.05. The first-order valence-corrected chi connectivity index (χ1v) is 5.08. The van der Waals surface area contributed by atoms with Crippen LogP contribution in [0.5, 0.6) is 0 Å². The Balaban J connectivity index is 2.29. The van der Waals surface area contributed by atoms with Crippen molar-refractivity contribution in [1.82, 2.24) is 4.90 Å². The number of ether oxygens (including phenoxy) is 1. The van der Waals surface area contributed by atoms with Gasteiger partial charge < -0.3 is 4.74 Å². The number of likely N-dealkylation sites (N-methyl/N-ethyl adjacent to an activating group) is 1. The van der Waals surface area contributed by atoms with Crippen LogP contribution < -0.4 is 0 Å². The molecule has 1 fully saturated rings. The van der Waals surface area contributed by atoms with E-state index in [1.807, 2.05) is 0 Å². The van der Waals surface area contributed by atoms with Gasteiger partial charge in [-0.3, -0.25) is 4.90 Å². The molecule has 0 radical (unpaired) electrons. The van der Waals surface area contributed by atoms with Gasteiger partial charge in [-0.05, 0) is 33.7 Å². The SMILES string of the molecule is C=C1CCC(COC(C)C)N(C)C1. The first-order chi connectivity index (χ1) is 6.09. The topological polar surface area (TPSA) is 12.5 Å². The van der Waals surface area contributed by atoms with Crippen LogP contribution in [-0.2, 0) is 4.74 Å². The normalized spacial score (nSPS) is 25.5. The van der Waals surface area contributed by atoms with Gasteiger partial charge >= 0.3 is 0 Å². The second-order valence-corrected chi connectivity index (χ2v) is 4.24. The van der Waals surface area contributed by atoms with Crippen LogP contribution in [0.3, 0.4) is 0 Å². The lowest BCUT2D eigenvalue weighted by molar-refractivity contribution is 0.0266. The van der Waals surface area contributed by atoms with E-state index >= 15 is 0 Å². The number of piperidine rings is 1. The highest BCUT2D eigenvalue weighted by Crippen LogP contribution is 2.18. The summed E-state index contributed by atoms with van der Waals surface area (Å²) in [5, 5.41) is 0. The van der Waals surface area contributed by atoms with E-state index < -0.39 is 0 Å². The maximum Gasteiger partial charge on any atom is 0.0625 e. The summed E-state index contributed by atoms with van der Waals surface area (Å²) in [4.78, 5) is 2.34. The van der Waals surface area contributed by atoms with Gasteiger partial charge in [0.05, 0.1) is 12.7 Å². The zero-order chi connectivity index (χ0) is 9.84. The molecule has 0 bridgehead atoms. The lowest BCUT2D eigenvalue weighted by Crippen LogP contribution is -2.40. The van der Waals surface area contributed by atoms with E-state index in [9.17, 15) is 0 Å². The molecule has 0 N–H and O–H groups in total. The third kappa shape index (κ3) is 3.49. The Kier molecular flexibility index (Phi) is 3.94. The monoisotopic (exact) mass is 183 g/mol. The second-order valence-electron chi connectivity index (χ2n) is 4.24. The Morgan fingerprint density at radius 2 is 2.31 bits per heavy atom. The fraction of sp³-hybridized carbons (Fsp3) is 0.818. The number of hydrogen-bond donors (Lipinski definition) is 0. The molecule has 0 spiro atoms. The van der Waals surface area contributed by atoms with Gasteiger partial charge in [0.2, 0.25) is 0 Å². The molecule has 2 heteroatoms. The minimum absolute atomic E-state index is 0.346. The van der Waals surface area contributed by atoms with Crippen molar-refractivity contribution in [2.24, 2.45) is 0 Å². The number of rotatable bonds is 3. The number of nitrogens with zero attached hydrogens (tertiary/aromatic N) is 1. The van der Waals surface area contributed by atoms with Crippen LogP contribution in [0.4, 0.5) is 0 Å². The molecule has 76 valence electrons. The van der Waals surface area contributed by atoms with Gasteiger partial charge in [0.25, 0.3) is 0 Å². The van der Waals surface area contributed by atoms with E-state index in [0.29, 0.717) is 12.1 Å². The minimum atomic E-state index is 0.346. The smallest absolute Gasteiger partial charge is 0.0625 e. The average Bonchev–Trinajstić information content (AvgIpc) is 2.02. The van der Waals surface area contributed by atoms with Crippen molar-refractivity contribution >= 4 is 0 Å². The van der Waals surface area contributed by atoms with Crippen molar-refractivity contribution in [2.45, 2.75) is 38.8 Å². The lowest BCUT2D eigenvalue weighted by Gasteiger charge is -2.33. The van der Waals surface area contributed by atoms with Crippen molar-refractivity contribution in [3.05, 3.63) is 12.2 Å². The highest BCUT2D eigenvalue weighted by Gasteiger charge is 2.20. The van der Waals surface area contributed by atoms with Gasteiger partial charge in [-0.1, -0.05) is 12.2 Å². The van der Waals surface area contributed by atoms with E-state index in [0.717, 1.165) is 19.6 Å². The summed E-state index contributed by atoms with van der Waals surface area (Å²) in [6.45, 7) is 10.1. The molecule has 13 heavy (non-hydrogen) atoms. The molecular formula is C11H21NO. The summed E-state index contributed by atoms with van der Waals surface area (Å²) in [6, 6.07) is 0.591. The van der Waals surface area contributed by atoms with Gasteiger partial charge in [-0.25, -0.2) is 0 Å². The number of hydrogen-bond acceptors (Lipinski definition) is 2. The Morgan fingerprint density at radius 3 is 2.85 bits per heavy atom. The van der Waals surface area contributed by atoms with Crippen LogP contribution in [-0.4, -0.2) is 37.2 Å². The maximum absolute atomic E-state index is 5.62. The molecular weight excluding hydrogens is 162 g/mol. The quantitative estimate of drug-likeness (QED) is 0.621. The van der Waals surface area contributed by atoms with Crippen LogP contribution >= 0.6 is 0 Å². The standard InChI is InChI=1S/C11H21NO/c1-9(2)13-8-11-6-5-10(3)7-12(11)4/h9,11H,3,5-8H2,1-2,4H3. The predicted octanol–water partition coefficient (Wildman–Crippen LogP) is 2.06. The first kappa shape index (κ1) is 10.7. The van der Waals surface area contributed by atoms with Crippen molar-refractivity contribution < 1.29 is 4.74 Å². The van der Waals surface area contributed by atoms with Gasteiger partial charge in [-0.15, -0.1) is 0 Å². The predicted molar refractivity (Wildman–Crippen MR) is 55.9 cm³/mol. The number of likely N-dealkylation sites (tertiary alicyclic amines) is 1. The van der Waals surface area contributed by atoms with Crippen LogP contribution in [0.1, 0.15) is 26.7 Å². The van der Waals surface area contributed by atoms with Crippen LogP contribution in [0.15, 0.2) is 12.2 Å². The largest absolute Gasteiger partial charge is 0.377 e. The lowest BCUT2D eigenvalue weighted by atomic mass is 10.0. The summed E-state index contributed by atoms with van der Waals surface area (Å²) in [6.07, 6.45) is 2.71. The molecule has 1 saturated heterocycles. The summed E-state index contributed by atoms with van der Waals surface area (Å²) < 4.78 is 5.62. The molecule has 1 rings (SSSR count). The Morgan fingerprint density at radius 1 is 1.62 bits per heavy atom. The van der Waals surface area contributed by atoms with E-state index in [2.05, 4.69) is 32.4 Å². The molecule has 2 nitrogen and oxygen atoms in total. The van der Waals surface area contributed by atoms with E-state index in [1.165, 1.54) is 12.0 Å². The third-order valence-electron chi connectivity index (χ3n) is 2.55. The Hall–Kier alpha value is -0.340. The molecule has 1 aliphatic rings. The summed E-state index contributed by atoms with van der Waals surface area (Å²) in [5.41, 5.74) is 1.35. The maximum atomic E-state index is 5.62. The average molecular weight is 183 g/mol. The highest BCUT2D eigenvalue weighted by molar-refractivity contribution is 5.02. The van der Waals surface area contributed by atoms with Crippen molar-refractivity contribution in [3.63, 3.8) is 0 Å². The molecule has 0 aromatic heterocycles. The fourth-order valence-corrected chi connectivity index (χ4v) is 1.67. The summed E-state index contributed by atoms with van der Waals surface area (Å²) >= 11 is 0. The highest BCUT2D eigenvalue weighted by atomic mass is 16.5. The van der Waals surface area contributed by atoms with Crippen molar-refractivity contribution in [3.8, 4) is 0 Å². The van der Waals surface area contributed by atoms with Gasteiger partial charge in [0, 0.05) is 12.6 Å². The zero-order valence-corrected chi connectivity index (χ0v) is 9.05. The van der Waals surface area contributed by atoms with Crippen LogP contribution in [0.2, 0.25) is 0 Å². The summed E-state index contributed by atoms with van der Waals surface area (Å²) in [5.74, 6) is 0. The molecule has 1 heterocycles. The molecule has 0 saturated carbocycles. The van der Waals surface area contributed by atoms with E-state index in [1.54, 1.807) is 0 Å². The third-order valence-corrected chi connectivity index (χ3v) is 2.55. The van der Waals surface area contributed by atoms with Crippen molar-refractivity contribution in [1.29, 1.82) is 0 Å². The van der Waals surface area contributed by atoms with Crippen LogP contribution in [0.25, 0.3) is 0 Å². The van der Waals surface area contributed by atoms with Crippen molar-refractivity contribution in [2.75, 3.05) is 20.2 Å². The first-order valence-electron chi connectivity index (χ1n) is 5.08. The van der Waals surface area contributed by atoms with E-state index in [-0.39, 0.29) is 0 Å². The molecule has 0 amide bonds. The minimum Gasteiger partial charge on any atom is -0.377 e. The summed E-state index contributed by atoms with van der Waals surface area (Å²) in [7, 11) is 2.15. The molecule has 1 unspecified atom stereocenters. The second kappa shape index (κ2) is 4.77. The van der Waals surface area contributed by atoms with E-state index in [4.69, 9.17) is 4.74 Å². The molecule has 0 aliphatic carbocycles. The fourth-order valence-electron chi connectivity index (χ4n) is 1.67. The molecule has 1 atom stereocenters. The molecule has 1 aliphatic heterocycles. The molecule has 0 aromatic rings. The Labute approximate surface area is 81.6 Å². The van der Waals surface area contributed by atoms with Gasteiger partial charge in [-0.2, -0.15) is 0 Å². The van der Waals surface area contributed by atoms with Gasteiger partial charge in [0.1, 0.15) is 0 Å². The van der Waals surface area contributed by atoms with Crippen LogP contribution in [0, 0.1) is 0 Å². The molecule has 0 aromatic carbocycles. The Bertz CT molecular complexity index is 177. The van der Waals surface area contributed by atoms with Gasteiger partial charge in [0.15, 0.2) is 0 Å².